The third-order valence-corrected chi connectivity index (χ3v) is 12.6. The topological polar surface area (TPSA) is 336 Å². The number of aliphatic hydroxyl groups is 3. The summed E-state index contributed by atoms with van der Waals surface area (Å²) >= 11 is 2.97. The van der Waals surface area contributed by atoms with E-state index in [0.717, 1.165) is 30.7 Å². The number of carbonyl (C=O) groups is 7. The van der Waals surface area contributed by atoms with Crippen molar-refractivity contribution in [3.8, 4) is 0 Å². The largest absolute Gasteiger partial charge is 0.463 e. The second-order valence-electron chi connectivity index (χ2n) is 16.6. The highest BCUT2D eigenvalue weighted by Crippen LogP contribution is 2.33. The number of hydrogen-bond acceptors (Lipinski definition) is 21. The summed E-state index contributed by atoms with van der Waals surface area (Å²) in [5.41, 5.74) is 3.09. The Balaban J connectivity index is 0.000000279. The Labute approximate surface area is 428 Å². The van der Waals surface area contributed by atoms with E-state index in [2.05, 4.69) is 41.9 Å². The van der Waals surface area contributed by atoms with E-state index in [0.29, 0.717) is 22.9 Å². The van der Waals surface area contributed by atoms with Crippen molar-refractivity contribution in [1.29, 1.82) is 0 Å². The van der Waals surface area contributed by atoms with Crippen molar-refractivity contribution in [2.45, 2.75) is 120 Å². The number of aromatic nitrogens is 6. The Morgan fingerprint density at radius 1 is 0.616 bits per heavy atom. The average molecular weight is 1060 g/mol. The minimum absolute atomic E-state index is 0.0720. The SMILES string of the molecule is CC(=O)NC1[C@@H](O)[C@H](O)C(CO)O[C@H]1n1cc(CNC(=O)CSCc2ccccc2)nn1.CC(=O)NC1[C@@H](OC(C)=O)[C@H](OC(C)=O)C(COC(C)=O)O[C@H]1n1cc(CNC(=O)CSCc2ccccc2)nn1. The van der Waals surface area contributed by atoms with Crippen molar-refractivity contribution in [1.82, 2.24) is 51.3 Å². The molecule has 73 heavy (non-hydrogen) atoms. The van der Waals surface area contributed by atoms with Gasteiger partial charge < -0.3 is 60.3 Å². The van der Waals surface area contributed by atoms with Crippen LogP contribution in [0, 0.1) is 0 Å². The zero-order chi connectivity index (χ0) is 53.0. The molecular formula is C46H60N10O15S2. The number of carbonyl (C=O) groups excluding carboxylic acids is 7. The van der Waals surface area contributed by atoms with Crippen LogP contribution in [0.3, 0.4) is 0 Å². The number of esters is 3. The minimum atomic E-state index is -1.39. The molecule has 10 atom stereocenters. The van der Waals surface area contributed by atoms with Gasteiger partial charge in [0, 0.05) is 46.1 Å². The summed E-state index contributed by atoms with van der Waals surface area (Å²) in [6, 6.07) is 17.6. The molecule has 27 heteroatoms. The van der Waals surface area contributed by atoms with Gasteiger partial charge in [0.15, 0.2) is 24.7 Å². The van der Waals surface area contributed by atoms with E-state index in [4.69, 9.17) is 23.7 Å². The third kappa shape index (κ3) is 18.2. The van der Waals surface area contributed by atoms with Crippen LogP contribution < -0.4 is 21.3 Å². The Kier molecular flexibility index (Phi) is 22.5. The Morgan fingerprint density at radius 3 is 1.52 bits per heavy atom. The molecule has 2 saturated heterocycles. The molecule has 4 unspecified atom stereocenters. The third-order valence-electron chi connectivity index (χ3n) is 10.6. The first-order valence-corrected chi connectivity index (χ1v) is 25.1. The van der Waals surface area contributed by atoms with E-state index in [-0.39, 0.29) is 37.3 Å². The van der Waals surface area contributed by atoms with E-state index in [9.17, 15) is 48.9 Å². The lowest BCUT2D eigenvalue weighted by Crippen LogP contribution is -2.64. The summed E-state index contributed by atoms with van der Waals surface area (Å²) in [6.07, 6.45) is -6.49. The van der Waals surface area contributed by atoms with Crippen molar-refractivity contribution >= 4 is 65.1 Å². The molecule has 0 aliphatic carbocycles. The van der Waals surface area contributed by atoms with Gasteiger partial charge in [0.05, 0.1) is 43.6 Å². The van der Waals surface area contributed by atoms with Crippen LogP contribution >= 0.6 is 23.5 Å². The quantitative estimate of drug-likeness (QED) is 0.0412. The lowest BCUT2D eigenvalue weighted by atomic mass is 9.95. The van der Waals surface area contributed by atoms with Crippen LogP contribution in [-0.4, -0.2) is 160 Å². The molecule has 2 fully saturated rings. The number of ether oxygens (including phenoxy) is 5. The Morgan fingerprint density at radius 2 is 1.07 bits per heavy atom. The molecule has 0 radical (unpaired) electrons. The normalized spacial score (nSPS) is 23.3. The summed E-state index contributed by atoms with van der Waals surface area (Å²) in [7, 11) is 0. The van der Waals surface area contributed by atoms with Gasteiger partial charge in [0.25, 0.3) is 0 Å². The molecule has 4 aromatic rings. The zero-order valence-electron chi connectivity index (χ0n) is 40.6. The van der Waals surface area contributed by atoms with E-state index >= 15 is 0 Å². The molecule has 396 valence electrons. The highest BCUT2D eigenvalue weighted by Gasteiger charge is 2.52. The predicted octanol–water partition coefficient (Wildman–Crippen LogP) is -0.400. The molecule has 2 aliphatic heterocycles. The Hall–Kier alpha value is -6.49. The van der Waals surface area contributed by atoms with Crippen LogP contribution in [0.4, 0.5) is 0 Å². The highest BCUT2D eigenvalue weighted by atomic mass is 32.2. The number of aliphatic hydroxyl groups excluding tert-OH is 3. The van der Waals surface area contributed by atoms with Crippen LogP contribution in [0.2, 0.25) is 0 Å². The summed E-state index contributed by atoms with van der Waals surface area (Å²) in [5.74, 6) is -1.31. The van der Waals surface area contributed by atoms with Crippen LogP contribution in [-0.2, 0) is 81.8 Å². The zero-order valence-corrected chi connectivity index (χ0v) is 42.2. The molecule has 6 rings (SSSR count). The molecule has 4 amide bonds. The molecule has 4 heterocycles. The number of thioether (sulfide) groups is 2. The molecule has 2 aromatic heterocycles. The van der Waals surface area contributed by atoms with Gasteiger partial charge in [-0.2, -0.15) is 0 Å². The summed E-state index contributed by atoms with van der Waals surface area (Å²) in [4.78, 5) is 83.5. The second-order valence-corrected chi connectivity index (χ2v) is 18.6. The number of rotatable bonds is 21. The van der Waals surface area contributed by atoms with E-state index in [1.165, 1.54) is 66.1 Å². The van der Waals surface area contributed by atoms with Gasteiger partial charge in [0.1, 0.15) is 54.5 Å². The second kappa shape index (κ2) is 28.7. The lowest BCUT2D eigenvalue weighted by Gasteiger charge is -2.45. The van der Waals surface area contributed by atoms with E-state index < -0.39 is 97.5 Å². The van der Waals surface area contributed by atoms with Gasteiger partial charge in [-0.25, -0.2) is 9.36 Å². The van der Waals surface area contributed by atoms with Crippen molar-refractivity contribution in [2.24, 2.45) is 0 Å². The van der Waals surface area contributed by atoms with Crippen molar-refractivity contribution in [3.63, 3.8) is 0 Å². The average Bonchev–Trinajstić information content (AvgIpc) is 4.03. The van der Waals surface area contributed by atoms with Crippen LogP contribution in [0.5, 0.6) is 0 Å². The molecular weight excluding hydrogens is 997 g/mol. The van der Waals surface area contributed by atoms with Gasteiger partial charge in [0.2, 0.25) is 23.6 Å². The number of hydrogen-bond donors (Lipinski definition) is 7. The van der Waals surface area contributed by atoms with Gasteiger partial charge >= 0.3 is 17.9 Å². The highest BCUT2D eigenvalue weighted by molar-refractivity contribution is 7.99. The first kappa shape index (κ1) is 57.4. The Bertz CT molecular complexity index is 2450. The van der Waals surface area contributed by atoms with Gasteiger partial charge in [-0.05, 0) is 11.1 Å². The molecule has 2 aliphatic rings. The fraction of sp³-hybridized carbons (Fsp3) is 0.500. The van der Waals surface area contributed by atoms with Gasteiger partial charge in [-0.15, -0.1) is 33.7 Å². The van der Waals surface area contributed by atoms with Crippen molar-refractivity contribution < 1.29 is 72.6 Å². The van der Waals surface area contributed by atoms with Crippen molar-refractivity contribution in [3.05, 3.63) is 95.6 Å². The standard InChI is InChI=1S/C26H33N5O9S.C20H27N5O6S/c1-15(32)28-23-25(39-18(4)35)24(38-17(3)34)21(12-37-16(2)33)40-26(23)31-11-20(29-30-31)10-27-22(36)14-41-13-19-8-6-5-7-9-19;1-12(27)22-17-19(30)18(29)15(9-26)31-20(17)25-8-14(23-24-25)7-21-16(28)11-32-10-13-5-3-2-4-6-13/h5-9,11,21,23-26H,10,12-14H2,1-4H3,(H,27,36)(H,28,32);2-6,8,15,17-20,26,29-30H,7,9-11H2,1H3,(H,21,28)(H,22,27)/t21?,23?,24-,25-,26-;15?,17?,18-,19-,20-/m11/s1. The fourth-order valence-corrected chi connectivity index (χ4v) is 9.07. The molecule has 0 bridgehead atoms. The molecule has 25 nitrogen and oxygen atoms in total. The van der Waals surface area contributed by atoms with Gasteiger partial charge in [-0.3, -0.25) is 33.6 Å². The van der Waals surface area contributed by atoms with E-state index in [1.807, 2.05) is 60.7 Å². The molecule has 2 aromatic carbocycles. The van der Waals surface area contributed by atoms with Crippen LogP contribution in [0.15, 0.2) is 73.1 Å². The van der Waals surface area contributed by atoms with Gasteiger partial charge in [-0.1, -0.05) is 71.1 Å². The number of amides is 4. The maximum atomic E-state index is 12.3. The van der Waals surface area contributed by atoms with Crippen LogP contribution in [0.1, 0.15) is 69.6 Å². The summed E-state index contributed by atoms with van der Waals surface area (Å²) < 4.78 is 30.3. The number of nitrogens with one attached hydrogen (secondary N) is 4. The van der Waals surface area contributed by atoms with Crippen molar-refractivity contribution in [2.75, 3.05) is 24.7 Å². The lowest BCUT2D eigenvalue weighted by molar-refractivity contribution is -0.239. The summed E-state index contributed by atoms with van der Waals surface area (Å²) in [6.45, 7) is 5.38. The molecule has 0 saturated carbocycles. The maximum Gasteiger partial charge on any atom is 0.303 e. The predicted molar refractivity (Wildman–Crippen MR) is 259 cm³/mol. The maximum absolute atomic E-state index is 12.3. The number of nitrogens with zero attached hydrogens (tertiary/aromatic N) is 6. The first-order chi connectivity index (χ1) is 34.9. The van der Waals surface area contributed by atoms with Crippen LogP contribution in [0.25, 0.3) is 0 Å². The monoisotopic (exact) mass is 1060 g/mol. The minimum Gasteiger partial charge on any atom is -0.463 e. The number of benzene rings is 2. The van der Waals surface area contributed by atoms with E-state index in [1.54, 1.807) is 0 Å². The first-order valence-electron chi connectivity index (χ1n) is 22.8. The molecule has 7 N–H and O–H groups in total. The summed E-state index contributed by atoms with van der Waals surface area (Å²) in [5, 5.41) is 56.8. The fourth-order valence-electron chi connectivity index (χ4n) is 7.44. The molecule has 0 spiro atoms. The smallest absolute Gasteiger partial charge is 0.303 e.